The standard InChI is InChI=1S/C10H5N3O3S/c1-6-2-7(3-11)10(17(14,15)16)9(5-13)8(6)4-12/h2H,1H3,(H,14,15,16). The van der Waals surface area contributed by atoms with Gasteiger partial charge in [-0.05, 0) is 18.6 Å². The Kier molecular flexibility index (Phi) is 3.15. The highest BCUT2D eigenvalue weighted by molar-refractivity contribution is 7.86. The molecule has 0 saturated heterocycles. The van der Waals surface area contributed by atoms with Crippen LogP contribution in [0.15, 0.2) is 11.0 Å². The van der Waals surface area contributed by atoms with E-state index in [1.807, 2.05) is 0 Å². The van der Waals surface area contributed by atoms with Gasteiger partial charge in [-0.15, -0.1) is 0 Å². The van der Waals surface area contributed by atoms with E-state index in [9.17, 15) is 8.42 Å². The van der Waals surface area contributed by atoms with Crippen LogP contribution >= 0.6 is 0 Å². The molecule has 0 amide bonds. The smallest absolute Gasteiger partial charge is 0.282 e. The van der Waals surface area contributed by atoms with E-state index < -0.39 is 20.6 Å². The van der Waals surface area contributed by atoms with Crippen LogP contribution < -0.4 is 0 Å². The van der Waals surface area contributed by atoms with Gasteiger partial charge in [0.05, 0.1) is 16.7 Å². The van der Waals surface area contributed by atoms with Gasteiger partial charge in [-0.25, -0.2) is 0 Å². The molecule has 0 unspecified atom stereocenters. The lowest BCUT2D eigenvalue weighted by Gasteiger charge is -2.07. The SMILES string of the molecule is Cc1cc(C#N)c(S(=O)(=O)O)c(C#N)c1C#N. The zero-order valence-corrected chi connectivity index (χ0v) is 9.41. The maximum absolute atomic E-state index is 11.1. The molecule has 0 radical (unpaired) electrons. The largest absolute Gasteiger partial charge is 0.297 e. The van der Waals surface area contributed by atoms with E-state index in [1.165, 1.54) is 13.0 Å². The van der Waals surface area contributed by atoms with Gasteiger partial charge in [-0.2, -0.15) is 24.2 Å². The summed E-state index contributed by atoms with van der Waals surface area (Å²) in [5.41, 5.74) is -0.737. The maximum atomic E-state index is 11.1. The zero-order valence-electron chi connectivity index (χ0n) is 8.59. The molecule has 0 aliphatic rings. The molecule has 0 saturated carbocycles. The summed E-state index contributed by atoms with van der Waals surface area (Å²) < 4.78 is 31.2. The molecule has 0 fully saturated rings. The lowest BCUT2D eigenvalue weighted by atomic mass is 10.0. The normalized spacial score (nSPS) is 10.1. The number of hydrogen-bond donors (Lipinski definition) is 1. The van der Waals surface area contributed by atoms with Gasteiger partial charge >= 0.3 is 0 Å². The highest BCUT2D eigenvalue weighted by Crippen LogP contribution is 2.25. The van der Waals surface area contributed by atoms with Gasteiger partial charge in [-0.3, -0.25) is 4.55 Å². The summed E-state index contributed by atoms with van der Waals surface area (Å²) in [5.74, 6) is 0. The van der Waals surface area contributed by atoms with Gasteiger partial charge in [0, 0.05) is 0 Å². The van der Waals surface area contributed by atoms with Crippen molar-refractivity contribution in [3.63, 3.8) is 0 Å². The van der Waals surface area contributed by atoms with Crippen molar-refractivity contribution in [1.29, 1.82) is 15.8 Å². The van der Waals surface area contributed by atoms with E-state index in [1.54, 1.807) is 12.1 Å². The van der Waals surface area contributed by atoms with E-state index in [4.69, 9.17) is 20.3 Å². The van der Waals surface area contributed by atoms with E-state index in [0.29, 0.717) is 5.56 Å². The summed E-state index contributed by atoms with van der Waals surface area (Å²) in [4.78, 5) is -0.815. The van der Waals surface area contributed by atoms with Gasteiger partial charge in [0.25, 0.3) is 10.1 Å². The van der Waals surface area contributed by atoms with Crippen LogP contribution in [0.2, 0.25) is 0 Å². The van der Waals surface area contributed by atoms with Crippen molar-refractivity contribution in [3.05, 3.63) is 28.3 Å². The molecule has 1 rings (SSSR count). The molecule has 0 spiro atoms. The van der Waals surface area contributed by atoms with Crippen LogP contribution in [0.4, 0.5) is 0 Å². The Morgan fingerprint density at radius 3 is 2.00 bits per heavy atom. The molecule has 6 nitrogen and oxygen atoms in total. The Hall–Kier alpha value is -2.40. The van der Waals surface area contributed by atoms with Crippen molar-refractivity contribution in [3.8, 4) is 18.2 Å². The summed E-state index contributed by atoms with van der Waals surface area (Å²) in [6.07, 6.45) is 0. The van der Waals surface area contributed by atoms with Crippen LogP contribution in [0, 0.1) is 40.9 Å². The van der Waals surface area contributed by atoms with Crippen molar-refractivity contribution >= 4 is 10.1 Å². The quantitative estimate of drug-likeness (QED) is 0.733. The van der Waals surface area contributed by atoms with Crippen molar-refractivity contribution in [2.24, 2.45) is 0 Å². The molecular formula is C10H5N3O3S. The lowest BCUT2D eigenvalue weighted by molar-refractivity contribution is 0.482. The molecule has 0 atom stereocenters. The molecule has 1 aromatic rings. The number of benzene rings is 1. The van der Waals surface area contributed by atoms with Gasteiger partial charge in [-0.1, -0.05) is 0 Å². The average Bonchev–Trinajstić information content (AvgIpc) is 2.25. The first-order valence-electron chi connectivity index (χ1n) is 4.22. The Morgan fingerprint density at radius 1 is 1.12 bits per heavy atom. The van der Waals surface area contributed by atoms with Gasteiger partial charge in [0.2, 0.25) is 0 Å². The summed E-state index contributed by atoms with van der Waals surface area (Å²) in [6.45, 7) is 1.47. The monoisotopic (exact) mass is 247 g/mol. The number of aryl methyl sites for hydroxylation is 1. The highest BCUT2D eigenvalue weighted by Gasteiger charge is 2.25. The number of nitriles is 3. The van der Waals surface area contributed by atoms with Gasteiger partial charge in [0.15, 0.2) is 0 Å². The Labute approximate surface area is 97.7 Å². The third-order valence-electron chi connectivity index (χ3n) is 2.08. The minimum atomic E-state index is -4.73. The third-order valence-corrected chi connectivity index (χ3v) is 3.02. The van der Waals surface area contributed by atoms with E-state index in [2.05, 4.69) is 0 Å². The summed E-state index contributed by atoms with van der Waals surface area (Å²) >= 11 is 0. The fourth-order valence-electron chi connectivity index (χ4n) is 1.40. The third kappa shape index (κ3) is 2.09. The van der Waals surface area contributed by atoms with Crippen LogP contribution in [-0.4, -0.2) is 13.0 Å². The second-order valence-corrected chi connectivity index (χ2v) is 4.49. The molecular weight excluding hydrogens is 242 g/mol. The topological polar surface area (TPSA) is 126 Å². The molecule has 0 bridgehead atoms. The molecule has 7 heteroatoms. The Balaban J connectivity index is 4.03. The predicted octanol–water partition coefficient (Wildman–Crippen LogP) is 0.857. The molecule has 0 aromatic heterocycles. The minimum absolute atomic E-state index is 0.167. The average molecular weight is 247 g/mol. The molecule has 0 heterocycles. The van der Waals surface area contributed by atoms with Crippen LogP contribution in [-0.2, 0) is 10.1 Å². The minimum Gasteiger partial charge on any atom is -0.282 e. The molecule has 84 valence electrons. The molecule has 0 aliphatic heterocycles. The fourth-order valence-corrected chi connectivity index (χ4v) is 2.19. The predicted molar refractivity (Wildman–Crippen MR) is 55.1 cm³/mol. The Morgan fingerprint density at radius 2 is 1.65 bits per heavy atom. The summed E-state index contributed by atoms with van der Waals surface area (Å²) in [5, 5.41) is 26.4. The first-order chi connectivity index (χ1) is 7.86. The van der Waals surface area contributed by atoms with Crippen molar-refractivity contribution < 1.29 is 13.0 Å². The summed E-state index contributed by atoms with van der Waals surface area (Å²) in [7, 11) is -4.73. The van der Waals surface area contributed by atoms with E-state index >= 15 is 0 Å². The number of nitrogens with zero attached hydrogens (tertiary/aromatic N) is 3. The summed E-state index contributed by atoms with van der Waals surface area (Å²) in [6, 6.07) is 5.91. The second kappa shape index (κ2) is 4.23. The van der Waals surface area contributed by atoms with Crippen molar-refractivity contribution in [2.75, 3.05) is 0 Å². The highest BCUT2D eigenvalue weighted by atomic mass is 32.2. The van der Waals surface area contributed by atoms with Crippen LogP contribution in [0.25, 0.3) is 0 Å². The van der Waals surface area contributed by atoms with Crippen molar-refractivity contribution in [1.82, 2.24) is 0 Å². The van der Waals surface area contributed by atoms with Gasteiger partial charge < -0.3 is 0 Å². The first-order valence-corrected chi connectivity index (χ1v) is 5.66. The number of rotatable bonds is 1. The first kappa shape index (κ1) is 12.7. The molecule has 1 aromatic carbocycles. The second-order valence-electron chi connectivity index (χ2n) is 3.13. The van der Waals surface area contributed by atoms with Crippen LogP contribution in [0.5, 0.6) is 0 Å². The maximum Gasteiger partial charge on any atom is 0.297 e. The van der Waals surface area contributed by atoms with Crippen molar-refractivity contribution in [2.45, 2.75) is 11.8 Å². The van der Waals surface area contributed by atoms with Gasteiger partial charge in [0.1, 0.15) is 23.1 Å². The lowest BCUT2D eigenvalue weighted by Crippen LogP contribution is -2.07. The van der Waals surface area contributed by atoms with Crippen LogP contribution in [0.3, 0.4) is 0 Å². The van der Waals surface area contributed by atoms with E-state index in [0.717, 1.165) is 6.07 Å². The molecule has 0 aliphatic carbocycles. The molecule has 17 heavy (non-hydrogen) atoms. The van der Waals surface area contributed by atoms with Crippen LogP contribution in [0.1, 0.15) is 22.3 Å². The fraction of sp³-hybridized carbons (Fsp3) is 0.100. The van der Waals surface area contributed by atoms with E-state index in [-0.39, 0.29) is 11.1 Å². The molecule has 1 N–H and O–H groups in total. The number of hydrogen-bond acceptors (Lipinski definition) is 5. The Bertz CT molecular complexity index is 715. The zero-order chi connectivity index (χ0) is 13.2.